The van der Waals surface area contributed by atoms with Gasteiger partial charge < -0.3 is 4.74 Å². The third kappa shape index (κ3) is 1.98. The number of ether oxygens (including phenoxy) is 1. The van der Waals surface area contributed by atoms with Gasteiger partial charge in [0.25, 0.3) is 0 Å². The van der Waals surface area contributed by atoms with Gasteiger partial charge in [-0.15, -0.1) is 0 Å². The molecule has 0 aromatic heterocycles. The molecule has 0 radical (unpaired) electrons. The number of carbonyl (C=O) groups is 2. The molecule has 2 aromatic rings. The first-order chi connectivity index (χ1) is 10.1. The average Bonchev–Trinajstić information content (AvgIpc) is 2.50. The van der Waals surface area contributed by atoms with Crippen LogP contribution in [0.3, 0.4) is 0 Å². The van der Waals surface area contributed by atoms with Crippen LogP contribution in [0.25, 0.3) is 0 Å². The number of ketones is 2. The number of aryl methyl sites for hydroxylation is 1. The molecule has 0 fully saturated rings. The summed E-state index contributed by atoms with van der Waals surface area (Å²) in [6, 6.07) is 10.4. The third-order valence-corrected chi connectivity index (χ3v) is 3.60. The topological polar surface area (TPSA) is 43.4 Å². The molecule has 0 unspecified atom stereocenters. The Morgan fingerprint density at radius 1 is 1.00 bits per heavy atom. The smallest absolute Gasteiger partial charge is 0.198 e. The van der Waals surface area contributed by atoms with Gasteiger partial charge in [0.1, 0.15) is 12.4 Å². The van der Waals surface area contributed by atoms with E-state index in [0.29, 0.717) is 34.6 Å². The van der Waals surface area contributed by atoms with E-state index in [4.69, 9.17) is 4.74 Å². The second kappa shape index (κ2) is 5.02. The Bertz CT molecular complexity index is 772. The van der Waals surface area contributed by atoms with Gasteiger partial charge in [-0.1, -0.05) is 43.0 Å². The van der Waals surface area contributed by atoms with Crippen molar-refractivity contribution in [2.45, 2.75) is 6.92 Å². The summed E-state index contributed by atoms with van der Waals surface area (Å²) >= 11 is 0. The van der Waals surface area contributed by atoms with Crippen LogP contribution in [0.4, 0.5) is 0 Å². The van der Waals surface area contributed by atoms with Crippen LogP contribution in [0.5, 0.6) is 5.75 Å². The molecule has 0 amide bonds. The molecule has 0 spiro atoms. The SMILES string of the molecule is C=CCOc1cccc2c1C(=O)c1cccc(C)c1C2=O. The van der Waals surface area contributed by atoms with Crippen LogP contribution in [0.2, 0.25) is 0 Å². The van der Waals surface area contributed by atoms with Crippen molar-refractivity contribution in [3.63, 3.8) is 0 Å². The highest BCUT2D eigenvalue weighted by Gasteiger charge is 2.32. The normalized spacial score (nSPS) is 12.6. The lowest BCUT2D eigenvalue weighted by molar-refractivity contribution is 0.0975. The van der Waals surface area contributed by atoms with E-state index in [2.05, 4.69) is 6.58 Å². The Labute approximate surface area is 122 Å². The maximum atomic E-state index is 12.7. The van der Waals surface area contributed by atoms with Gasteiger partial charge in [-0.2, -0.15) is 0 Å². The molecule has 0 saturated carbocycles. The van der Waals surface area contributed by atoms with E-state index in [1.165, 1.54) is 0 Å². The first-order valence-electron chi connectivity index (χ1n) is 6.71. The summed E-state index contributed by atoms with van der Waals surface area (Å²) in [7, 11) is 0. The minimum Gasteiger partial charge on any atom is -0.489 e. The van der Waals surface area contributed by atoms with Crippen LogP contribution in [-0.4, -0.2) is 18.2 Å². The number of carbonyl (C=O) groups excluding carboxylic acids is 2. The monoisotopic (exact) mass is 278 g/mol. The number of hydrogen-bond donors (Lipinski definition) is 0. The van der Waals surface area contributed by atoms with Crippen LogP contribution in [0.15, 0.2) is 49.1 Å². The Morgan fingerprint density at radius 2 is 1.62 bits per heavy atom. The summed E-state index contributed by atoms with van der Waals surface area (Å²) in [5.41, 5.74) is 2.51. The summed E-state index contributed by atoms with van der Waals surface area (Å²) in [4.78, 5) is 25.4. The van der Waals surface area contributed by atoms with E-state index in [1.807, 2.05) is 13.0 Å². The number of hydrogen-bond acceptors (Lipinski definition) is 3. The van der Waals surface area contributed by atoms with Crippen molar-refractivity contribution < 1.29 is 14.3 Å². The molecule has 0 N–H and O–H groups in total. The fourth-order valence-electron chi connectivity index (χ4n) is 2.65. The molecule has 0 heterocycles. The lowest BCUT2D eigenvalue weighted by Gasteiger charge is -2.21. The molecule has 0 aliphatic heterocycles. The van der Waals surface area contributed by atoms with Crippen LogP contribution < -0.4 is 4.74 Å². The van der Waals surface area contributed by atoms with Crippen LogP contribution in [-0.2, 0) is 0 Å². The highest BCUT2D eigenvalue weighted by Crippen LogP contribution is 2.34. The molecular formula is C18H14O3. The van der Waals surface area contributed by atoms with Crippen molar-refractivity contribution >= 4 is 11.6 Å². The zero-order valence-corrected chi connectivity index (χ0v) is 11.7. The average molecular weight is 278 g/mol. The highest BCUT2D eigenvalue weighted by molar-refractivity contribution is 6.29. The molecule has 0 atom stereocenters. The first-order valence-corrected chi connectivity index (χ1v) is 6.71. The van der Waals surface area contributed by atoms with Gasteiger partial charge in [0.05, 0.1) is 5.56 Å². The largest absolute Gasteiger partial charge is 0.489 e. The first kappa shape index (κ1) is 13.3. The zero-order valence-electron chi connectivity index (χ0n) is 11.7. The predicted molar refractivity (Wildman–Crippen MR) is 80.2 cm³/mol. The van der Waals surface area contributed by atoms with Crippen LogP contribution in [0, 0.1) is 6.92 Å². The van der Waals surface area contributed by atoms with Gasteiger partial charge >= 0.3 is 0 Å². The summed E-state index contributed by atoms with van der Waals surface area (Å²) < 4.78 is 5.53. The van der Waals surface area contributed by atoms with E-state index in [9.17, 15) is 9.59 Å². The van der Waals surface area contributed by atoms with Crippen molar-refractivity contribution in [2.24, 2.45) is 0 Å². The van der Waals surface area contributed by atoms with Crippen molar-refractivity contribution in [3.05, 3.63) is 76.9 Å². The molecule has 0 bridgehead atoms. The summed E-state index contributed by atoms with van der Waals surface area (Å²) in [6.45, 7) is 5.72. The van der Waals surface area contributed by atoms with Crippen LogP contribution in [0.1, 0.15) is 37.4 Å². The van der Waals surface area contributed by atoms with E-state index in [0.717, 1.165) is 5.56 Å². The Kier molecular flexibility index (Phi) is 3.18. The van der Waals surface area contributed by atoms with Gasteiger partial charge in [0, 0.05) is 16.7 Å². The Morgan fingerprint density at radius 3 is 2.33 bits per heavy atom. The van der Waals surface area contributed by atoms with Crippen molar-refractivity contribution in [1.29, 1.82) is 0 Å². The minimum atomic E-state index is -0.164. The molecular weight excluding hydrogens is 264 g/mol. The molecule has 1 aliphatic carbocycles. The maximum absolute atomic E-state index is 12.7. The molecule has 21 heavy (non-hydrogen) atoms. The zero-order chi connectivity index (χ0) is 15.0. The summed E-state index contributed by atoms with van der Waals surface area (Å²) in [5.74, 6) is 0.141. The Balaban J connectivity index is 2.23. The standard InChI is InChI=1S/C18H14O3/c1-3-10-21-14-9-5-8-13-16(14)18(20)12-7-4-6-11(2)15(12)17(13)19/h3-9H,1,10H2,2H3. The van der Waals surface area contributed by atoms with Gasteiger partial charge in [-0.3, -0.25) is 9.59 Å². The van der Waals surface area contributed by atoms with E-state index >= 15 is 0 Å². The van der Waals surface area contributed by atoms with Gasteiger partial charge in [0.2, 0.25) is 0 Å². The van der Waals surface area contributed by atoms with Crippen molar-refractivity contribution in [1.82, 2.24) is 0 Å². The Hall–Kier alpha value is -2.68. The molecule has 3 rings (SSSR count). The van der Waals surface area contributed by atoms with Gasteiger partial charge in [-0.25, -0.2) is 0 Å². The summed E-state index contributed by atoms with van der Waals surface area (Å²) in [5, 5.41) is 0. The van der Waals surface area contributed by atoms with Crippen molar-refractivity contribution in [2.75, 3.05) is 6.61 Å². The lowest BCUT2D eigenvalue weighted by Crippen LogP contribution is -2.22. The highest BCUT2D eigenvalue weighted by atomic mass is 16.5. The quantitative estimate of drug-likeness (QED) is 0.690. The van der Waals surface area contributed by atoms with Gasteiger partial charge in [-0.05, 0) is 18.6 Å². The second-order valence-electron chi connectivity index (χ2n) is 4.93. The fraction of sp³-hybridized carbons (Fsp3) is 0.111. The minimum absolute atomic E-state index is 0.123. The molecule has 104 valence electrons. The summed E-state index contributed by atoms with van der Waals surface area (Å²) in [6.07, 6.45) is 1.60. The lowest BCUT2D eigenvalue weighted by atomic mass is 9.82. The third-order valence-electron chi connectivity index (χ3n) is 3.60. The predicted octanol–water partition coefficient (Wildman–Crippen LogP) is 3.34. The van der Waals surface area contributed by atoms with E-state index in [-0.39, 0.29) is 11.6 Å². The number of benzene rings is 2. The number of rotatable bonds is 3. The van der Waals surface area contributed by atoms with E-state index in [1.54, 1.807) is 36.4 Å². The molecule has 3 nitrogen and oxygen atoms in total. The maximum Gasteiger partial charge on any atom is 0.198 e. The van der Waals surface area contributed by atoms with Crippen molar-refractivity contribution in [3.8, 4) is 5.75 Å². The number of fused-ring (bicyclic) bond motifs is 2. The molecule has 0 saturated heterocycles. The van der Waals surface area contributed by atoms with E-state index < -0.39 is 0 Å². The fourth-order valence-corrected chi connectivity index (χ4v) is 2.65. The van der Waals surface area contributed by atoms with Gasteiger partial charge in [0.15, 0.2) is 11.6 Å². The molecule has 2 aromatic carbocycles. The molecule has 3 heteroatoms. The second-order valence-corrected chi connectivity index (χ2v) is 4.93. The molecule has 1 aliphatic rings. The van der Waals surface area contributed by atoms with Crippen LogP contribution >= 0.6 is 0 Å².